The quantitative estimate of drug-likeness (QED) is 0.901. The zero-order valence-electron chi connectivity index (χ0n) is 14.7. The van der Waals surface area contributed by atoms with Gasteiger partial charge in [0, 0.05) is 19.1 Å². The number of imidazole rings is 1. The van der Waals surface area contributed by atoms with E-state index < -0.39 is 5.60 Å². The Balaban J connectivity index is 1.45. The van der Waals surface area contributed by atoms with Gasteiger partial charge in [-0.1, -0.05) is 12.1 Å². The third-order valence-corrected chi connectivity index (χ3v) is 5.33. The van der Waals surface area contributed by atoms with Gasteiger partial charge in [-0.05, 0) is 51.2 Å². The number of rotatable bonds is 3. The molecule has 1 saturated heterocycles. The Kier molecular flexibility index (Phi) is 4.15. The zero-order valence-corrected chi connectivity index (χ0v) is 14.7. The van der Waals surface area contributed by atoms with Crippen molar-refractivity contribution >= 4 is 17.1 Å². The summed E-state index contributed by atoms with van der Waals surface area (Å²) in [6.07, 6.45) is 4.57. The molecule has 1 saturated carbocycles. The van der Waals surface area contributed by atoms with E-state index in [1.165, 1.54) is 12.8 Å². The van der Waals surface area contributed by atoms with Crippen molar-refractivity contribution in [3.63, 3.8) is 0 Å². The van der Waals surface area contributed by atoms with Crippen molar-refractivity contribution in [3.05, 3.63) is 30.1 Å². The molecule has 0 bridgehead atoms. The summed E-state index contributed by atoms with van der Waals surface area (Å²) in [5.74, 6) is 0.930. The molecule has 2 aliphatic rings. The number of nitrogens with one attached hydrogen (secondary N) is 1. The van der Waals surface area contributed by atoms with Gasteiger partial charge in [0.25, 0.3) is 0 Å². The van der Waals surface area contributed by atoms with Gasteiger partial charge in [0.05, 0.1) is 23.2 Å². The predicted molar refractivity (Wildman–Crippen MR) is 96.3 cm³/mol. The smallest absolute Gasteiger partial charge is 0.317 e. The van der Waals surface area contributed by atoms with Crippen LogP contribution in [0.2, 0.25) is 0 Å². The number of benzene rings is 1. The Morgan fingerprint density at radius 1 is 1.32 bits per heavy atom. The van der Waals surface area contributed by atoms with Gasteiger partial charge in [0.2, 0.25) is 0 Å². The SMILES string of the molecule is C[C@]1(O)CCCN(C(=O)NCc2nc3ccccc3n2C2CC2)CC1. The minimum atomic E-state index is -0.658. The van der Waals surface area contributed by atoms with Crippen molar-refractivity contribution in [2.24, 2.45) is 0 Å². The van der Waals surface area contributed by atoms with E-state index in [1.807, 2.05) is 30.0 Å². The third-order valence-electron chi connectivity index (χ3n) is 5.33. The molecule has 1 atom stereocenters. The number of hydrogen-bond acceptors (Lipinski definition) is 3. The number of aromatic nitrogens is 2. The standard InChI is InChI=1S/C19H26N4O2/c1-19(25)9-4-11-22(12-10-19)18(24)20-13-17-21-15-5-2-3-6-16(15)23(17)14-7-8-14/h2-3,5-6,14,25H,4,7-13H2,1H3,(H,20,24)/t19-/m0/s1. The van der Waals surface area contributed by atoms with Crippen molar-refractivity contribution in [3.8, 4) is 0 Å². The van der Waals surface area contributed by atoms with Gasteiger partial charge in [-0.3, -0.25) is 0 Å². The van der Waals surface area contributed by atoms with Gasteiger partial charge < -0.3 is 19.9 Å². The fraction of sp³-hybridized carbons (Fsp3) is 0.579. The molecular weight excluding hydrogens is 316 g/mol. The molecule has 2 amide bonds. The number of carbonyl (C=O) groups is 1. The Morgan fingerprint density at radius 3 is 2.92 bits per heavy atom. The summed E-state index contributed by atoms with van der Waals surface area (Å²) < 4.78 is 2.28. The van der Waals surface area contributed by atoms with E-state index in [0.29, 0.717) is 32.1 Å². The van der Waals surface area contributed by atoms with Crippen molar-refractivity contribution in [1.82, 2.24) is 19.8 Å². The molecule has 2 heterocycles. The fourth-order valence-corrected chi connectivity index (χ4v) is 3.69. The Morgan fingerprint density at radius 2 is 2.12 bits per heavy atom. The molecule has 0 spiro atoms. The molecular formula is C19H26N4O2. The minimum Gasteiger partial charge on any atom is -0.390 e. The number of para-hydroxylation sites is 2. The highest BCUT2D eigenvalue weighted by atomic mass is 16.3. The molecule has 1 aliphatic heterocycles. The number of nitrogens with zero attached hydrogens (tertiary/aromatic N) is 3. The van der Waals surface area contributed by atoms with Gasteiger partial charge in [-0.2, -0.15) is 0 Å². The lowest BCUT2D eigenvalue weighted by Gasteiger charge is -2.23. The molecule has 0 unspecified atom stereocenters. The van der Waals surface area contributed by atoms with Crippen LogP contribution in [-0.2, 0) is 6.54 Å². The van der Waals surface area contributed by atoms with Crippen LogP contribution in [-0.4, -0.2) is 44.3 Å². The summed E-state index contributed by atoms with van der Waals surface area (Å²) in [6.45, 7) is 3.59. The molecule has 2 fully saturated rings. The molecule has 6 nitrogen and oxygen atoms in total. The first-order chi connectivity index (χ1) is 12.0. The molecule has 2 aromatic rings. The van der Waals surface area contributed by atoms with E-state index in [0.717, 1.165) is 29.7 Å². The van der Waals surface area contributed by atoms with Gasteiger partial charge in [-0.15, -0.1) is 0 Å². The maximum atomic E-state index is 12.5. The zero-order chi connectivity index (χ0) is 17.4. The Labute approximate surface area is 147 Å². The lowest BCUT2D eigenvalue weighted by atomic mass is 9.98. The lowest BCUT2D eigenvalue weighted by Crippen LogP contribution is -2.41. The lowest BCUT2D eigenvalue weighted by molar-refractivity contribution is 0.0456. The average molecular weight is 342 g/mol. The molecule has 1 aromatic carbocycles. The van der Waals surface area contributed by atoms with Crippen LogP contribution in [0.3, 0.4) is 0 Å². The first-order valence-corrected chi connectivity index (χ1v) is 9.24. The van der Waals surface area contributed by atoms with Gasteiger partial charge in [0.15, 0.2) is 0 Å². The molecule has 1 aromatic heterocycles. The largest absolute Gasteiger partial charge is 0.390 e. The second kappa shape index (κ2) is 6.33. The van der Waals surface area contributed by atoms with Crippen LogP contribution >= 0.6 is 0 Å². The molecule has 134 valence electrons. The summed E-state index contributed by atoms with van der Waals surface area (Å²) in [7, 11) is 0. The number of carbonyl (C=O) groups excluding carboxylic acids is 1. The van der Waals surface area contributed by atoms with Crippen LogP contribution in [0.15, 0.2) is 24.3 Å². The first kappa shape index (κ1) is 16.4. The van der Waals surface area contributed by atoms with Crippen molar-refractivity contribution in [2.75, 3.05) is 13.1 Å². The van der Waals surface area contributed by atoms with Crippen LogP contribution in [0.25, 0.3) is 11.0 Å². The normalized spacial score (nSPS) is 24.3. The van der Waals surface area contributed by atoms with Crippen LogP contribution < -0.4 is 5.32 Å². The second-order valence-corrected chi connectivity index (χ2v) is 7.61. The molecule has 4 rings (SSSR count). The maximum absolute atomic E-state index is 12.5. The van der Waals surface area contributed by atoms with E-state index in [9.17, 15) is 9.90 Å². The van der Waals surface area contributed by atoms with Crippen LogP contribution in [0, 0.1) is 0 Å². The summed E-state index contributed by atoms with van der Waals surface area (Å²) in [5, 5.41) is 13.2. The van der Waals surface area contributed by atoms with Crippen molar-refractivity contribution in [2.45, 2.75) is 57.2 Å². The summed E-state index contributed by atoms with van der Waals surface area (Å²) in [5.41, 5.74) is 1.49. The number of urea groups is 1. The number of fused-ring (bicyclic) bond motifs is 1. The van der Waals surface area contributed by atoms with E-state index >= 15 is 0 Å². The first-order valence-electron chi connectivity index (χ1n) is 9.24. The second-order valence-electron chi connectivity index (χ2n) is 7.61. The van der Waals surface area contributed by atoms with Gasteiger partial charge in [-0.25, -0.2) is 9.78 Å². The van der Waals surface area contributed by atoms with Crippen LogP contribution in [0.1, 0.15) is 50.9 Å². The summed E-state index contributed by atoms with van der Waals surface area (Å²) >= 11 is 0. The monoisotopic (exact) mass is 342 g/mol. The molecule has 25 heavy (non-hydrogen) atoms. The molecule has 2 N–H and O–H groups in total. The molecule has 6 heteroatoms. The van der Waals surface area contributed by atoms with Crippen molar-refractivity contribution < 1.29 is 9.90 Å². The molecule has 0 radical (unpaired) electrons. The highest BCUT2D eigenvalue weighted by Crippen LogP contribution is 2.38. The number of aliphatic hydroxyl groups is 1. The topological polar surface area (TPSA) is 70.4 Å². The van der Waals surface area contributed by atoms with Crippen molar-refractivity contribution in [1.29, 1.82) is 0 Å². The minimum absolute atomic E-state index is 0.0629. The summed E-state index contributed by atoms with van der Waals surface area (Å²) in [4.78, 5) is 19.1. The highest BCUT2D eigenvalue weighted by Gasteiger charge is 2.29. The van der Waals surface area contributed by atoms with Crippen LogP contribution in [0.4, 0.5) is 4.79 Å². The number of hydrogen-bond donors (Lipinski definition) is 2. The average Bonchev–Trinajstić information content (AvgIpc) is 3.37. The van der Waals surface area contributed by atoms with E-state index in [2.05, 4.69) is 16.0 Å². The summed E-state index contributed by atoms with van der Waals surface area (Å²) in [6, 6.07) is 8.62. The van der Waals surface area contributed by atoms with Crippen LogP contribution in [0.5, 0.6) is 0 Å². The Bertz CT molecular complexity index is 779. The highest BCUT2D eigenvalue weighted by molar-refractivity contribution is 5.77. The van der Waals surface area contributed by atoms with E-state index in [-0.39, 0.29) is 6.03 Å². The maximum Gasteiger partial charge on any atom is 0.317 e. The predicted octanol–water partition coefficient (Wildman–Crippen LogP) is 2.82. The number of likely N-dealkylation sites (tertiary alicyclic amines) is 1. The van der Waals surface area contributed by atoms with E-state index in [1.54, 1.807) is 0 Å². The third kappa shape index (κ3) is 3.49. The van der Waals surface area contributed by atoms with E-state index in [4.69, 9.17) is 4.98 Å². The molecule has 1 aliphatic carbocycles. The Hall–Kier alpha value is -2.08. The van der Waals surface area contributed by atoms with Gasteiger partial charge >= 0.3 is 6.03 Å². The van der Waals surface area contributed by atoms with Gasteiger partial charge in [0.1, 0.15) is 5.82 Å². The number of amides is 2. The fourth-order valence-electron chi connectivity index (χ4n) is 3.69.